The van der Waals surface area contributed by atoms with Gasteiger partial charge in [-0.3, -0.25) is 4.79 Å². The van der Waals surface area contributed by atoms with Gasteiger partial charge in [0.1, 0.15) is 5.82 Å². The number of rotatable bonds is 5. The molecule has 1 aromatic rings. The van der Waals surface area contributed by atoms with E-state index in [2.05, 4.69) is 14.9 Å². The molecule has 0 unspecified atom stereocenters. The van der Waals surface area contributed by atoms with Crippen LogP contribution >= 0.6 is 0 Å². The SMILES string of the molecule is NCCCN(c1cc(=O)[nH]cn1)C1CCCC1. The van der Waals surface area contributed by atoms with Crippen LogP contribution in [0.5, 0.6) is 0 Å². The molecular weight excluding hydrogens is 216 g/mol. The Morgan fingerprint density at radius 1 is 1.47 bits per heavy atom. The van der Waals surface area contributed by atoms with Gasteiger partial charge in [0.15, 0.2) is 0 Å². The van der Waals surface area contributed by atoms with Gasteiger partial charge in [-0.1, -0.05) is 12.8 Å². The summed E-state index contributed by atoms with van der Waals surface area (Å²) >= 11 is 0. The largest absolute Gasteiger partial charge is 0.353 e. The van der Waals surface area contributed by atoms with E-state index >= 15 is 0 Å². The van der Waals surface area contributed by atoms with Gasteiger partial charge < -0.3 is 15.6 Å². The lowest BCUT2D eigenvalue weighted by atomic mass is 10.2. The maximum Gasteiger partial charge on any atom is 0.252 e. The third kappa shape index (κ3) is 3.06. The highest BCUT2D eigenvalue weighted by atomic mass is 16.1. The molecule has 17 heavy (non-hydrogen) atoms. The molecule has 1 aromatic heterocycles. The Morgan fingerprint density at radius 2 is 2.24 bits per heavy atom. The lowest BCUT2D eigenvalue weighted by Crippen LogP contribution is -2.36. The first-order valence-electron chi connectivity index (χ1n) is 6.32. The van der Waals surface area contributed by atoms with Gasteiger partial charge in [-0.05, 0) is 25.8 Å². The summed E-state index contributed by atoms with van der Waals surface area (Å²) in [7, 11) is 0. The zero-order valence-corrected chi connectivity index (χ0v) is 10.1. The van der Waals surface area contributed by atoms with Gasteiger partial charge >= 0.3 is 0 Å². The number of H-pyrrole nitrogens is 1. The molecule has 0 atom stereocenters. The molecule has 0 bridgehead atoms. The second-order valence-corrected chi connectivity index (χ2v) is 4.54. The van der Waals surface area contributed by atoms with Crippen molar-refractivity contribution in [2.24, 2.45) is 5.73 Å². The van der Waals surface area contributed by atoms with Crippen LogP contribution in [0.25, 0.3) is 0 Å². The molecule has 0 radical (unpaired) electrons. The van der Waals surface area contributed by atoms with Crippen LogP contribution in [0.3, 0.4) is 0 Å². The Bertz CT molecular complexity index is 397. The van der Waals surface area contributed by atoms with E-state index in [1.165, 1.54) is 32.0 Å². The standard InChI is InChI=1S/C12H20N4O/c13-6-3-7-16(10-4-1-2-5-10)11-8-12(17)15-9-14-11/h8-10H,1-7,13H2,(H,14,15,17). The van der Waals surface area contributed by atoms with Crippen LogP contribution < -0.4 is 16.2 Å². The average molecular weight is 236 g/mol. The Morgan fingerprint density at radius 3 is 2.88 bits per heavy atom. The van der Waals surface area contributed by atoms with Crippen LogP contribution in [0.4, 0.5) is 5.82 Å². The van der Waals surface area contributed by atoms with Crippen LogP contribution in [-0.2, 0) is 0 Å². The minimum absolute atomic E-state index is 0.0919. The smallest absolute Gasteiger partial charge is 0.252 e. The Balaban J connectivity index is 2.16. The quantitative estimate of drug-likeness (QED) is 0.795. The predicted molar refractivity (Wildman–Crippen MR) is 68.1 cm³/mol. The first-order valence-corrected chi connectivity index (χ1v) is 6.32. The van der Waals surface area contributed by atoms with Crippen molar-refractivity contribution in [1.82, 2.24) is 9.97 Å². The summed E-state index contributed by atoms with van der Waals surface area (Å²) in [4.78, 5) is 20.4. The van der Waals surface area contributed by atoms with E-state index in [0.717, 1.165) is 18.8 Å². The number of nitrogens with zero attached hydrogens (tertiary/aromatic N) is 2. The summed E-state index contributed by atoms with van der Waals surface area (Å²) in [6.07, 6.45) is 7.34. The molecule has 3 N–H and O–H groups in total. The van der Waals surface area contributed by atoms with Crippen LogP contribution in [0, 0.1) is 0 Å². The first kappa shape index (κ1) is 12.1. The van der Waals surface area contributed by atoms with Gasteiger partial charge in [0, 0.05) is 18.7 Å². The highest BCUT2D eigenvalue weighted by Crippen LogP contribution is 2.26. The van der Waals surface area contributed by atoms with Crippen LogP contribution in [0.15, 0.2) is 17.2 Å². The Labute approximate surface area is 101 Å². The zero-order valence-electron chi connectivity index (χ0n) is 10.1. The second kappa shape index (κ2) is 5.82. The monoisotopic (exact) mass is 236 g/mol. The average Bonchev–Trinajstić information content (AvgIpc) is 2.83. The number of nitrogens with one attached hydrogen (secondary N) is 1. The molecule has 0 saturated heterocycles. The van der Waals surface area contributed by atoms with Crippen molar-refractivity contribution in [3.05, 3.63) is 22.7 Å². The molecule has 1 aliphatic carbocycles. The summed E-state index contributed by atoms with van der Waals surface area (Å²) in [5.74, 6) is 0.786. The van der Waals surface area contributed by atoms with E-state index in [4.69, 9.17) is 5.73 Å². The van der Waals surface area contributed by atoms with Gasteiger partial charge in [0.2, 0.25) is 0 Å². The van der Waals surface area contributed by atoms with Crippen LogP contribution in [0.2, 0.25) is 0 Å². The third-order valence-electron chi connectivity index (χ3n) is 3.33. The van der Waals surface area contributed by atoms with Crippen molar-refractivity contribution in [1.29, 1.82) is 0 Å². The molecule has 0 spiro atoms. The van der Waals surface area contributed by atoms with E-state index in [0.29, 0.717) is 12.6 Å². The fourth-order valence-corrected chi connectivity index (χ4v) is 2.48. The summed E-state index contributed by atoms with van der Waals surface area (Å²) < 4.78 is 0. The first-order chi connectivity index (χ1) is 8.31. The van der Waals surface area contributed by atoms with Crippen molar-refractivity contribution >= 4 is 5.82 Å². The van der Waals surface area contributed by atoms with E-state index in [1.807, 2.05) is 0 Å². The van der Waals surface area contributed by atoms with Crippen molar-refractivity contribution in [2.75, 3.05) is 18.0 Å². The Kier molecular flexibility index (Phi) is 4.14. The van der Waals surface area contributed by atoms with Gasteiger partial charge in [0.05, 0.1) is 6.33 Å². The molecule has 2 rings (SSSR count). The number of hydrogen-bond acceptors (Lipinski definition) is 4. The summed E-state index contributed by atoms with van der Waals surface area (Å²) in [5.41, 5.74) is 5.48. The maximum atomic E-state index is 11.3. The van der Waals surface area contributed by atoms with Gasteiger partial charge in [-0.15, -0.1) is 0 Å². The molecule has 1 heterocycles. The zero-order chi connectivity index (χ0) is 12.1. The van der Waals surface area contributed by atoms with E-state index in [1.54, 1.807) is 6.07 Å². The van der Waals surface area contributed by atoms with E-state index in [9.17, 15) is 4.79 Å². The lowest BCUT2D eigenvalue weighted by molar-refractivity contribution is 0.586. The number of hydrogen-bond donors (Lipinski definition) is 2. The minimum atomic E-state index is -0.0919. The fraction of sp³-hybridized carbons (Fsp3) is 0.667. The van der Waals surface area contributed by atoms with Crippen LogP contribution in [-0.4, -0.2) is 29.1 Å². The molecule has 1 aliphatic rings. The van der Waals surface area contributed by atoms with E-state index < -0.39 is 0 Å². The number of aromatic amines is 1. The van der Waals surface area contributed by atoms with Crippen molar-refractivity contribution in [3.8, 4) is 0 Å². The summed E-state index contributed by atoms with van der Waals surface area (Å²) in [6.45, 7) is 1.56. The number of anilines is 1. The third-order valence-corrected chi connectivity index (χ3v) is 3.33. The number of aromatic nitrogens is 2. The van der Waals surface area contributed by atoms with Crippen molar-refractivity contribution in [3.63, 3.8) is 0 Å². The molecule has 5 heteroatoms. The molecule has 94 valence electrons. The highest BCUT2D eigenvalue weighted by molar-refractivity contribution is 5.38. The maximum absolute atomic E-state index is 11.3. The molecule has 1 saturated carbocycles. The molecule has 0 aromatic carbocycles. The Hall–Kier alpha value is -1.36. The molecule has 5 nitrogen and oxygen atoms in total. The van der Waals surface area contributed by atoms with Gasteiger partial charge in [-0.25, -0.2) is 4.98 Å². The highest BCUT2D eigenvalue weighted by Gasteiger charge is 2.23. The van der Waals surface area contributed by atoms with Gasteiger partial charge in [0.25, 0.3) is 5.56 Å². The van der Waals surface area contributed by atoms with Crippen molar-refractivity contribution < 1.29 is 0 Å². The topological polar surface area (TPSA) is 75.0 Å². The summed E-state index contributed by atoms with van der Waals surface area (Å²) in [6, 6.07) is 2.10. The molecule has 0 amide bonds. The predicted octanol–water partition coefficient (Wildman–Crippen LogP) is 0.868. The number of nitrogens with two attached hydrogens (primary N) is 1. The minimum Gasteiger partial charge on any atom is -0.353 e. The molecule has 0 aliphatic heterocycles. The molecular formula is C12H20N4O. The second-order valence-electron chi connectivity index (χ2n) is 4.54. The summed E-state index contributed by atoms with van der Waals surface area (Å²) in [5, 5.41) is 0. The normalized spacial score (nSPS) is 16.3. The molecule has 1 fully saturated rings. The van der Waals surface area contributed by atoms with Crippen LogP contribution in [0.1, 0.15) is 32.1 Å². The fourth-order valence-electron chi connectivity index (χ4n) is 2.48. The van der Waals surface area contributed by atoms with Gasteiger partial charge in [-0.2, -0.15) is 0 Å². The lowest BCUT2D eigenvalue weighted by Gasteiger charge is -2.29. The van der Waals surface area contributed by atoms with Crippen molar-refractivity contribution in [2.45, 2.75) is 38.1 Å². The van der Waals surface area contributed by atoms with E-state index in [-0.39, 0.29) is 5.56 Å².